The van der Waals surface area contributed by atoms with Crippen LogP contribution in [0.1, 0.15) is 11.6 Å². The highest BCUT2D eigenvalue weighted by molar-refractivity contribution is 9.10. The molecule has 2 aromatic rings. The summed E-state index contributed by atoms with van der Waals surface area (Å²) in [5, 5.41) is 16.0. The van der Waals surface area contributed by atoms with Gasteiger partial charge in [-0.15, -0.1) is 5.10 Å². The molecule has 0 aliphatic rings. The molecular weight excluding hydrogens is 322 g/mol. The number of aryl methyl sites for hydroxylation is 1. The van der Waals surface area contributed by atoms with E-state index in [0.717, 1.165) is 11.8 Å². The Morgan fingerprint density at radius 3 is 2.89 bits per heavy atom. The summed E-state index contributed by atoms with van der Waals surface area (Å²) >= 11 is 4.10. The van der Waals surface area contributed by atoms with Gasteiger partial charge in [0.05, 0.1) is 0 Å². The molecule has 0 aliphatic carbocycles. The zero-order valence-electron chi connectivity index (χ0n) is 9.18. The van der Waals surface area contributed by atoms with Crippen LogP contribution >= 0.6 is 27.7 Å². The molecule has 2 N–H and O–H groups in total. The van der Waals surface area contributed by atoms with Crippen molar-refractivity contribution in [2.45, 2.75) is 12.1 Å². The van der Waals surface area contributed by atoms with Crippen LogP contribution in [-0.4, -0.2) is 26.3 Å². The highest BCUT2D eigenvalue weighted by Crippen LogP contribution is 2.26. The lowest BCUT2D eigenvalue weighted by Crippen LogP contribution is -1.97. The number of hydrogen-bond acceptors (Lipinski definition) is 5. The van der Waals surface area contributed by atoms with Crippen LogP contribution in [0.15, 0.2) is 31.3 Å². The molecule has 94 valence electrons. The van der Waals surface area contributed by atoms with E-state index in [0.29, 0.717) is 21.4 Å². The molecule has 2 rings (SSSR count). The second-order valence-electron chi connectivity index (χ2n) is 3.26. The number of nitrogens with one attached hydrogen (secondary N) is 1. The minimum atomic E-state index is -1.06. The number of aromatic nitrogens is 3. The van der Waals surface area contributed by atoms with Crippen LogP contribution in [0.5, 0.6) is 0 Å². The zero-order chi connectivity index (χ0) is 13.1. The predicted octanol–water partition coefficient (Wildman–Crippen LogP) is 2.69. The summed E-state index contributed by atoms with van der Waals surface area (Å²) in [4.78, 5) is 15.2. The smallest absolute Gasteiger partial charge is 0.342 e. The molecule has 0 bridgehead atoms. The molecule has 0 saturated heterocycles. The predicted molar refractivity (Wildman–Crippen MR) is 69.0 cm³/mol. The first kappa shape index (κ1) is 12.9. The van der Waals surface area contributed by atoms with Crippen molar-refractivity contribution in [2.24, 2.45) is 0 Å². The number of carboxylic acid groups (broad SMARTS) is 1. The number of rotatable bonds is 4. The number of nitrogens with zero attached hydrogens (tertiary/aromatic N) is 2. The summed E-state index contributed by atoms with van der Waals surface area (Å²) in [6, 6.07) is 3.35. The Labute approximate surface area is 115 Å². The number of furan rings is 1. The van der Waals surface area contributed by atoms with Gasteiger partial charge in [0, 0.05) is 6.08 Å². The Hall–Kier alpha value is -1.54. The van der Waals surface area contributed by atoms with E-state index in [1.54, 1.807) is 19.1 Å². The standard InChI is InChI=1S/C10H8BrN3O3S/c1-5-12-10(14-13-5)18-7(9(15)16)4-6-2-3-8(11)17-6/h2-4H,1H3,(H,15,16)(H,12,13,14)/b7-4-. The van der Waals surface area contributed by atoms with Crippen molar-refractivity contribution in [3.63, 3.8) is 0 Å². The Morgan fingerprint density at radius 2 is 2.39 bits per heavy atom. The minimum absolute atomic E-state index is 0.0795. The normalized spacial score (nSPS) is 11.8. The fourth-order valence-corrected chi connectivity index (χ4v) is 2.19. The highest BCUT2D eigenvalue weighted by atomic mass is 79.9. The van der Waals surface area contributed by atoms with Crippen molar-refractivity contribution in [1.82, 2.24) is 15.2 Å². The van der Waals surface area contributed by atoms with Gasteiger partial charge in [0.25, 0.3) is 0 Å². The summed E-state index contributed by atoms with van der Waals surface area (Å²) < 4.78 is 5.76. The molecule has 0 fully saturated rings. The Kier molecular flexibility index (Phi) is 3.87. The summed E-state index contributed by atoms with van der Waals surface area (Å²) in [6.07, 6.45) is 1.42. The molecule has 0 radical (unpaired) electrons. The maximum Gasteiger partial charge on any atom is 0.342 e. The molecule has 0 spiro atoms. The van der Waals surface area contributed by atoms with Crippen LogP contribution in [-0.2, 0) is 4.79 Å². The Bertz CT molecular complexity index is 605. The average molecular weight is 330 g/mol. The molecule has 0 saturated carbocycles. The van der Waals surface area contributed by atoms with E-state index in [1.807, 2.05) is 0 Å². The van der Waals surface area contributed by atoms with Crippen molar-refractivity contribution in [2.75, 3.05) is 0 Å². The van der Waals surface area contributed by atoms with Gasteiger partial charge >= 0.3 is 5.97 Å². The number of carboxylic acids is 1. The molecule has 18 heavy (non-hydrogen) atoms. The van der Waals surface area contributed by atoms with Crippen molar-refractivity contribution in [3.8, 4) is 0 Å². The molecular formula is C10H8BrN3O3S. The van der Waals surface area contributed by atoms with E-state index < -0.39 is 5.97 Å². The van der Waals surface area contributed by atoms with Gasteiger partial charge in [-0.1, -0.05) is 0 Å². The molecule has 0 unspecified atom stereocenters. The second kappa shape index (κ2) is 5.40. The van der Waals surface area contributed by atoms with Crippen molar-refractivity contribution in [3.05, 3.63) is 33.3 Å². The fourth-order valence-electron chi connectivity index (χ4n) is 1.14. The first-order chi connectivity index (χ1) is 8.54. The van der Waals surface area contributed by atoms with Gasteiger partial charge in [0.15, 0.2) is 4.67 Å². The van der Waals surface area contributed by atoms with E-state index in [-0.39, 0.29) is 4.91 Å². The van der Waals surface area contributed by atoms with E-state index in [9.17, 15) is 4.79 Å². The minimum Gasteiger partial charge on any atom is -0.477 e. The van der Waals surface area contributed by atoms with Crippen LogP contribution in [0.3, 0.4) is 0 Å². The van der Waals surface area contributed by atoms with Gasteiger partial charge < -0.3 is 9.52 Å². The van der Waals surface area contributed by atoms with Crippen LogP contribution in [0, 0.1) is 6.92 Å². The van der Waals surface area contributed by atoms with E-state index >= 15 is 0 Å². The topological polar surface area (TPSA) is 92.0 Å². The van der Waals surface area contributed by atoms with Crippen molar-refractivity contribution in [1.29, 1.82) is 0 Å². The molecule has 0 atom stereocenters. The molecule has 0 aliphatic heterocycles. The van der Waals surface area contributed by atoms with E-state index in [2.05, 4.69) is 31.1 Å². The van der Waals surface area contributed by atoms with Gasteiger partial charge in [0.2, 0.25) is 5.16 Å². The van der Waals surface area contributed by atoms with E-state index in [1.165, 1.54) is 6.08 Å². The summed E-state index contributed by atoms with van der Waals surface area (Å²) in [6.45, 7) is 1.74. The lowest BCUT2D eigenvalue weighted by Gasteiger charge is -1.96. The van der Waals surface area contributed by atoms with Gasteiger partial charge in [-0.05, 0) is 46.7 Å². The zero-order valence-corrected chi connectivity index (χ0v) is 11.6. The SMILES string of the molecule is Cc1nc(S/C(=C\c2ccc(Br)o2)C(=O)O)n[nH]1. The molecule has 6 nitrogen and oxygen atoms in total. The highest BCUT2D eigenvalue weighted by Gasteiger charge is 2.13. The van der Waals surface area contributed by atoms with Crippen molar-refractivity contribution >= 4 is 39.7 Å². The maximum atomic E-state index is 11.1. The quantitative estimate of drug-likeness (QED) is 0.661. The molecule has 8 heteroatoms. The molecule has 2 heterocycles. The van der Waals surface area contributed by atoms with Crippen LogP contribution in [0.2, 0.25) is 0 Å². The van der Waals surface area contributed by atoms with Gasteiger partial charge in [0.1, 0.15) is 16.5 Å². The Balaban J connectivity index is 2.23. The van der Waals surface area contributed by atoms with Crippen LogP contribution in [0.4, 0.5) is 0 Å². The number of thioether (sulfide) groups is 1. The number of aromatic amines is 1. The largest absolute Gasteiger partial charge is 0.477 e. The van der Waals surface area contributed by atoms with Crippen LogP contribution < -0.4 is 0 Å². The average Bonchev–Trinajstić information content (AvgIpc) is 2.87. The summed E-state index contributed by atoms with van der Waals surface area (Å²) in [7, 11) is 0. The van der Waals surface area contributed by atoms with Crippen LogP contribution in [0.25, 0.3) is 6.08 Å². The third-order valence-electron chi connectivity index (χ3n) is 1.86. The Morgan fingerprint density at radius 1 is 1.61 bits per heavy atom. The number of carbonyl (C=O) groups is 1. The number of H-pyrrole nitrogens is 1. The maximum absolute atomic E-state index is 11.1. The lowest BCUT2D eigenvalue weighted by atomic mass is 10.4. The van der Waals surface area contributed by atoms with Gasteiger partial charge in [-0.25, -0.2) is 9.78 Å². The second-order valence-corrected chi connectivity index (χ2v) is 5.05. The first-order valence-corrected chi connectivity index (χ1v) is 6.43. The molecule has 0 amide bonds. The van der Waals surface area contributed by atoms with Gasteiger partial charge in [-0.2, -0.15) is 0 Å². The number of hydrogen-bond donors (Lipinski definition) is 2. The first-order valence-electron chi connectivity index (χ1n) is 4.82. The fraction of sp³-hybridized carbons (Fsp3) is 0.100. The lowest BCUT2D eigenvalue weighted by molar-refractivity contribution is -0.131. The third-order valence-corrected chi connectivity index (χ3v) is 3.16. The molecule has 2 aromatic heterocycles. The van der Waals surface area contributed by atoms with E-state index in [4.69, 9.17) is 9.52 Å². The number of halogens is 1. The van der Waals surface area contributed by atoms with Gasteiger partial charge in [-0.3, -0.25) is 5.10 Å². The monoisotopic (exact) mass is 329 g/mol. The summed E-state index contributed by atoms with van der Waals surface area (Å²) in [5.74, 6) is 0.0111. The number of aliphatic carboxylic acids is 1. The third kappa shape index (κ3) is 3.23. The van der Waals surface area contributed by atoms with Crippen molar-refractivity contribution < 1.29 is 14.3 Å². The molecule has 0 aromatic carbocycles. The summed E-state index contributed by atoms with van der Waals surface area (Å²) in [5.41, 5.74) is 0.